The molecule has 1 unspecified atom stereocenters. The third-order valence-corrected chi connectivity index (χ3v) is 6.15. The maximum atomic E-state index is 10.6. The number of nitrogens with zero attached hydrogens (tertiary/aromatic N) is 3. The third-order valence-electron chi connectivity index (χ3n) is 4.94. The van der Waals surface area contributed by atoms with Crippen LogP contribution >= 0.6 is 11.3 Å². The minimum atomic E-state index is -0.602. The lowest BCUT2D eigenvalue weighted by Crippen LogP contribution is -2.38. The van der Waals surface area contributed by atoms with E-state index < -0.39 is 6.10 Å². The molecule has 4 rings (SSSR count). The molecule has 3 N–H and O–H groups in total. The van der Waals surface area contributed by atoms with Crippen LogP contribution in [-0.4, -0.2) is 40.3 Å². The number of thiophene rings is 1. The largest absolute Gasteiger partial charge is 0.386 e. The summed E-state index contributed by atoms with van der Waals surface area (Å²) in [4.78, 5) is 9.96. The van der Waals surface area contributed by atoms with Gasteiger partial charge in [0.05, 0.1) is 23.9 Å². The number of hydrogen-bond acceptors (Lipinski definition) is 4. The van der Waals surface area contributed by atoms with Gasteiger partial charge >= 0.3 is 0 Å². The predicted octanol–water partition coefficient (Wildman–Crippen LogP) is 3.93. The van der Waals surface area contributed by atoms with E-state index in [1.807, 2.05) is 43.6 Å². The Morgan fingerprint density at radius 3 is 2.87 bits per heavy atom. The minimum Gasteiger partial charge on any atom is -0.386 e. The second kappa shape index (κ2) is 9.73. The normalized spacial score (nSPS) is 13.1. The fourth-order valence-electron chi connectivity index (χ4n) is 3.42. The molecule has 2 aromatic heterocycles. The number of fused-ring (bicyclic) bond motifs is 2. The number of aliphatic hydroxyl groups is 1. The lowest BCUT2D eigenvalue weighted by Gasteiger charge is -2.13. The monoisotopic (exact) mass is 421 g/mol. The maximum absolute atomic E-state index is 10.6. The van der Waals surface area contributed by atoms with Gasteiger partial charge in [-0.1, -0.05) is 30.3 Å². The summed E-state index contributed by atoms with van der Waals surface area (Å²) in [5, 5.41) is 18.4. The van der Waals surface area contributed by atoms with Gasteiger partial charge in [-0.15, -0.1) is 11.3 Å². The van der Waals surface area contributed by atoms with Crippen LogP contribution in [0.3, 0.4) is 0 Å². The maximum Gasteiger partial charge on any atom is 0.191 e. The number of benzene rings is 2. The lowest BCUT2D eigenvalue weighted by molar-refractivity contribution is 0.191. The van der Waals surface area contributed by atoms with Crippen molar-refractivity contribution < 1.29 is 5.11 Å². The van der Waals surface area contributed by atoms with Crippen LogP contribution in [0.2, 0.25) is 0 Å². The van der Waals surface area contributed by atoms with Crippen molar-refractivity contribution in [1.29, 1.82) is 0 Å². The van der Waals surface area contributed by atoms with Crippen LogP contribution < -0.4 is 10.6 Å². The van der Waals surface area contributed by atoms with Crippen LogP contribution in [0.4, 0.5) is 0 Å². The number of para-hydroxylation sites is 2. The summed E-state index contributed by atoms with van der Waals surface area (Å²) < 4.78 is 3.36. The molecule has 1 atom stereocenters. The number of imidazole rings is 1. The van der Waals surface area contributed by atoms with Crippen molar-refractivity contribution in [2.75, 3.05) is 19.6 Å². The lowest BCUT2D eigenvalue weighted by atomic mass is 10.2. The molecular formula is C23H27N5OS. The van der Waals surface area contributed by atoms with E-state index in [0.29, 0.717) is 6.54 Å². The molecule has 0 bridgehead atoms. The van der Waals surface area contributed by atoms with E-state index in [1.54, 1.807) is 11.3 Å². The Morgan fingerprint density at radius 1 is 1.17 bits per heavy atom. The number of guanidine groups is 1. The number of aromatic nitrogens is 2. The van der Waals surface area contributed by atoms with E-state index in [-0.39, 0.29) is 0 Å². The number of rotatable bonds is 8. The Morgan fingerprint density at radius 2 is 2.00 bits per heavy atom. The Balaban J connectivity index is 1.30. The molecule has 0 spiro atoms. The van der Waals surface area contributed by atoms with Gasteiger partial charge in [-0.25, -0.2) is 4.98 Å². The van der Waals surface area contributed by atoms with Crippen molar-refractivity contribution in [3.05, 3.63) is 65.8 Å². The number of nitrogens with one attached hydrogen (secondary N) is 2. The molecule has 2 heterocycles. The number of aryl methyl sites for hydroxylation is 1. The van der Waals surface area contributed by atoms with Gasteiger partial charge in [0.1, 0.15) is 6.10 Å². The van der Waals surface area contributed by atoms with Gasteiger partial charge < -0.3 is 20.3 Å². The second-order valence-electron chi connectivity index (χ2n) is 7.13. The number of hydrogen-bond donors (Lipinski definition) is 3. The third kappa shape index (κ3) is 4.80. The highest BCUT2D eigenvalue weighted by atomic mass is 32.1. The zero-order chi connectivity index (χ0) is 20.8. The average molecular weight is 422 g/mol. The molecule has 0 aliphatic carbocycles. The molecular weight excluding hydrogens is 394 g/mol. The summed E-state index contributed by atoms with van der Waals surface area (Å²) in [6.45, 7) is 4.82. The topological polar surface area (TPSA) is 74.5 Å². The van der Waals surface area contributed by atoms with Gasteiger partial charge in [-0.05, 0) is 43.0 Å². The van der Waals surface area contributed by atoms with Crippen molar-refractivity contribution in [3.63, 3.8) is 0 Å². The van der Waals surface area contributed by atoms with Crippen LogP contribution in [0.5, 0.6) is 0 Å². The zero-order valence-corrected chi connectivity index (χ0v) is 17.9. The summed E-state index contributed by atoms with van der Waals surface area (Å²) in [5.74, 6) is 0.730. The number of aliphatic hydroxyl groups excluding tert-OH is 1. The fraction of sp³-hybridized carbons (Fsp3) is 0.304. The van der Waals surface area contributed by atoms with E-state index in [2.05, 4.69) is 49.4 Å². The van der Waals surface area contributed by atoms with Crippen molar-refractivity contribution >= 4 is 38.4 Å². The second-order valence-corrected chi connectivity index (χ2v) is 8.24. The molecule has 6 nitrogen and oxygen atoms in total. The Hall–Kier alpha value is -2.90. The molecule has 0 aliphatic heterocycles. The first-order valence-corrected chi connectivity index (χ1v) is 11.1. The van der Waals surface area contributed by atoms with Crippen molar-refractivity contribution in [2.24, 2.45) is 4.99 Å². The smallest absolute Gasteiger partial charge is 0.191 e. The van der Waals surface area contributed by atoms with Crippen LogP contribution in [-0.2, 0) is 6.54 Å². The molecule has 7 heteroatoms. The molecule has 0 aliphatic rings. The average Bonchev–Trinajstić information content (AvgIpc) is 3.39. The first-order valence-electron chi connectivity index (χ1n) is 10.3. The summed E-state index contributed by atoms with van der Waals surface area (Å²) in [5.41, 5.74) is 2.18. The van der Waals surface area contributed by atoms with E-state index >= 15 is 0 Å². The standard InChI is InChI=1S/C23H27N5OS/c1-2-24-23(25-12-7-13-28-16-27-18-9-4-5-10-19(18)28)26-15-20(29)22-14-17-8-3-6-11-21(17)30-22/h3-6,8-11,14,16,20,29H,2,7,12-13,15H2,1H3,(H2,24,25,26). The van der Waals surface area contributed by atoms with Crippen LogP contribution in [0, 0.1) is 0 Å². The first kappa shape index (κ1) is 20.4. The van der Waals surface area contributed by atoms with Gasteiger partial charge in [0, 0.05) is 29.2 Å². The summed E-state index contributed by atoms with van der Waals surface area (Å²) in [6, 6.07) is 18.4. The molecule has 0 amide bonds. The quantitative estimate of drug-likeness (QED) is 0.229. The fourth-order valence-corrected chi connectivity index (χ4v) is 4.46. The van der Waals surface area contributed by atoms with E-state index in [0.717, 1.165) is 53.3 Å². The van der Waals surface area contributed by atoms with Gasteiger partial charge in [0.25, 0.3) is 0 Å². The minimum absolute atomic E-state index is 0.328. The van der Waals surface area contributed by atoms with E-state index in [9.17, 15) is 5.11 Å². The van der Waals surface area contributed by atoms with Crippen molar-refractivity contribution in [3.8, 4) is 0 Å². The van der Waals surface area contributed by atoms with Gasteiger partial charge in [-0.2, -0.15) is 0 Å². The zero-order valence-electron chi connectivity index (χ0n) is 17.1. The Kier molecular flexibility index (Phi) is 6.61. The Bertz CT molecular complexity index is 1100. The number of aliphatic imine (C=N–C) groups is 1. The highest BCUT2D eigenvalue weighted by Gasteiger charge is 2.11. The van der Waals surface area contributed by atoms with E-state index in [4.69, 9.17) is 0 Å². The van der Waals surface area contributed by atoms with Gasteiger partial charge in [-0.3, -0.25) is 4.99 Å². The molecule has 0 saturated heterocycles. The summed E-state index contributed by atoms with van der Waals surface area (Å²) >= 11 is 1.62. The first-order chi connectivity index (χ1) is 14.7. The molecule has 2 aromatic carbocycles. The Labute approximate surface area is 180 Å². The molecule has 30 heavy (non-hydrogen) atoms. The highest BCUT2D eigenvalue weighted by molar-refractivity contribution is 7.19. The molecule has 4 aromatic rings. The van der Waals surface area contributed by atoms with Crippen molar-refractivity contribution in [2.45, 2.75) is 26.0 Å². The van der Waals surface area contributed by atoms with E-state index in [1.165, 1.54) is 4.70 Å². The molecule has 0 radical (unpaired) electrons. The van der Waals surface area contributed by atoms with Gasteiger partial charge in [0.15, 0.2) is 5.96 Å². The molecule has 0 fully saturated rings. The predicted molar refractivity (Wildman–Crippen MR) is 125 cm³/mol. The SMILES string of the molecule is CCNC(=NCC(O)c1cc2ccccc2s1)NCCCn1cnc2ccccc21. The highest BCUT2D eigenvalue weighted by Crippen LogP contribution is 2.29. The summed E-state index contributed by atoms with van der Waals surface area (Å²) in [7, 11) is 0. The van der Waals surface area contributed by atoms with Crippen LogP contribution in [0.25, 0.3) is 21.1 Å². The van der Waals surface area contributed by atoms with Gasteiger partial charge in [0.2, 0.25) is 0 Å². The summed E-state index contributed by atoms with van der Waals surface area (Å²) in [6.07, 6.45) is 2.24. The molecule has 156 valence electrons. The van der Waals surface area contributed by atoms with Crippen LogP contribution in [0.15, 0.2) is 65.9 Å². The van der Waals surface area contributed by atoms with Crippen LogP contribution in [0.1, 0.15) is 24.3 Å². The molecule has 0 saturated carbocycles. The van der Waals surface area contributed by atoms with Crippen molar-refractivity contribution in [1.82, 2.24) is 20.2 Å².